The maximum Gasteiger partial charge on any atom is 0.243 e. The van der Waals surface area contributed by atoms with Crippen LogP contribution < -0.4 is 10.2 Å². The first-order chi connectivity index (χ1) is 11.8. The van der Waals surface area contributed by atoms with E-state index in [1.54, 1.807) is 12.1 Å². The lowest BCUT2D eigenvalue weighted by atomic mass is 9.96. The first-order valence-corrected chi connectivity index (χ1v) is 10.2. The molecule has 1 heterocycles. The van der Waals surface area contributed by atoms with Crippen molar-refractivity contribution in [2.24, 2.45) is 0 Å². The topological polar surface area (TPSA) is 66.5 Å². The van der Waals surface area contributed by atoms with Gasteiger partial charge in [-0.3, -0.25) is 4.79 Å². The minimum Gasteiger partial charge on any atom is -0.359 e. The van der Waals surface area contributed by atoms with Crippen molar-refractivity contribution in [3.05, 3.63) is 54.1 Å². The summed E-state index contributed by atoms with van der Waals surface area (Å²) in [4.78, 5) is 14.8. The number of amides is 1. The molecule has 2 aromatic rings. The summed E-state index contributed by atoms with van der Waals surface area (Å²) in [5.41, 5.74) is 2.98. The second-order valence-electron chi connectivity index (χ2n) is 6.49. The van der Waals surface area contributed by atoms with Crippen LogP contribution in [0.3, 0.4) is 0 Å². The SMILES string of the molecule is C[C@@H]1CCc2ccccc2N1CC(=O)Nc1ccc(S(C)(=O)=O)cc1. The molecule has 1 amide bonds. The highest BCUT2D eigenvalue weighted by molar-refractivity contribution is 7.90. The van der Waals surface area contributed by atoms with Crippen molar-refractivity contribution in [1.82, 2.24) is 0 Å². The molecule has 0 saturated heterocycles. The third-order valence-corrected chi connectivity index (χ3v) is 5.67. The molecule has 6 heteroatoms. The smallest absolute Gasteiger partial charge is 0.243 e. The summed E-state index contributed by atoms with van der Waals surface area (Å²) >= 11 is 0. The molecule has 1 N–H and O–H groups in total. The highest BCUT2D eigenvalue weighted by Crippen LogP contribution is 2.30. The summed E-state index contributed by atoms with van der Waals surface area (Å²) in [5, 5.41) is 2.84. The molecule has 0 unspecified atom stereocenters. The second-order valence-corrected chi connectivity index (χ2v) is 8.50. The first-order valence-electron chi connectivity index (χ1n) is 8.29. The van der Waals surface area contributed by atoms with Gasteiger partial charge in [-0.1, -0.05) is 18.2 Å². The highest BCUT2D eigenvalue weighted by Gasteiger charge is 2.24. The molecule has 5 nitrogen and oxygen atoms in total. The Labute approximate surface area is 148 Å². The van der Waals surface area contributed by atoms with Crippen molar-refractivity contribution in [1.29, 1.82) is 0 Å². The van der Waals surface area contributed by atoms with Gasteiger partial charge in [-0.15, -0.1) is 0 Å². The van der Waals surface area contributed by atoms with Crippen molar-refractivity contribution in [3.63, 3.8) is 0 Å². The van der Waals surface area contributed by atoms with Crippen LogP contribution in [-0.2, 0) is 21.1 Å². The number of nitrogens with zero attached hydrogens (tertiary/aromatic N) is 1. The third kappa shape index (κ3) is 4.02. The molecule has 0 aromatic heterocycles. The molecular weight excluding hydrogens is 336 g/mol. The Morgan fingerprint density at radius 2 is 1.84 bits per heavy atom. The quantitative estimate of drug-likeness (QED) is 0.913. The maximum atomic E-state index is 12.4. The molecule has 0 fully saturated rings. The Hall–Kier alpha value is -2.34. The largest absolute Gasteiger partial charge is 0.359 e. The van der Waals surface area contributed by atoms with Gasteiger partial charge in [0.2, 0.25) is 5.91 Å². The molecule has 1 aliphatic rings. The van der Waals surface area contributed by atoms with E-state index < -0.39 is 9.84 Å². The molecule has 0 aliphatic carbocycles. The van der Waals surface area contributed by atoms with Gasteiger partial charge in [0, 0.05) is 23.7 Å². The fourth-order valence-corrected chi connectivity index (χ4v) is 3.77. The summed E-state index contributed by atoms with van der Waals surface area (Å²) in [6.45, 7) is 2.40. The van der Waals surface area contributed by atoms with Gasteiger partial charge in [0.25, 0.3) is 0 Å². The van der Waals surface area contributed by atoms with Crippen LogP contribution in [0, 0.1) is 0 Å². The third-order valence-electron chi connectivity index (χ3n) is 4.54. The van der Waals surface area contributed by atoms with Gasteiger partial charge in [0.05, 0.1) is 11.4 Å². The Morgan fingerprint density at radius 1 is 1.16 bits per heavy atom. The zero-order chi connectivity index (χ0) is 18.0. The van der Waals surface area contributed by atoms with Crippen LogP contribution in [0.5, 0.6) is 0 Å². The molecular formula is C19H22N2O3S. The normalized spacial score (nSPS) is 17.0. The fourth-order valence-electron chi connectivity index (χ4n) is 3.14. The fraction of sp³-hybridized carbons (Fsp3) is 0.316. The summed E-state index contributed by atoms with van der Waals surface area (Å²) in [6, 6.07) is 14.7. The minimum atomic E-state index is -3.23. The molecule has 1 aliphatic heterocycles. The predicted octanol–water partition coefficient (Wildman–Crippen LogP) is 2.87. The van der Waals surface area contributed by atoms with E-state index in [0.717, 1.165) is 24.8 Å². The standard InChI is InChI=1S/C19H22N2O3S/c1-14-7-8-15-5-3-4-6-18(15)21(14)13-19(22)20-16-9-11-17(12-10-16)25(2,23)24/h3-6,9-12,14H,7-8,13H2,1-2H3,(H,20,22)/t14-/m1/s1. The van der Waals surface area contributed by atoms with E-state index >= 15 is 0 Å². The molecule has 0 bridgehead atoms. The van der Waals surface area contributed by atoms with Crippen LogP contribution in [-0.4, -0.2) is 33.2 Å². The van der Waals surface area contributed by atoms with E-state index in [9.17, 15) is 13.2 Å². The maximum absolute atomic E-state index is 12.4. The van der Waals surface area contributed by atoms with Crippen LogP contribution in [0.25, 0.3) is 0 Å². The number of sulfone groups is 1. The molecule has 0 saturated carbocycles. The number of benzene rings is 2. The molecule has 3 rings (SSSR count). The Kier molecular flexibility index (Phi) is 4.81. The number of aryl methyl sites for hydroxylation is 1. The Balaban J connectivity index is 1.71. The van der Waals surface area contributed by atoms with E-state index in [2.05, 4.69) is 29.3 Å². The van der Waals surface area contributed by atoms with Gasteiger partial charge < -0.3 is 10.2 Å². The average Bonchev–Trinajstić information content (AvgIpc) is 2.57. The summed E-state index contributed by atoms with van der Waals surface area (Å²) in [5.74, 6) is -0.115. The van der Waals surface area contributed by atoms with Crippen molar-refractivity contribution in [2.75, 3.05) is 23.0 Å². The lowest BCUT2D eigenvalue weighted by Gasteiger charge is -2.36. The van der Waals surface area contributed by atoms with Crippen molar-refractivity contribution in [3.8, 4) is 0 Å². The summed E-state index contributed by atoms with van der Waals surface area (Å²) < 4.78 is 23.0. The molecule has 0 spiro atoms. The minimum absolute atomic E-state index is 0.115. The number of rotatable bonds is 4. The molecule has 25 heavy (non-hydrogen) atoms. The Bertz CT molecular complexity index is 876. The van der Waals surface area contributed by atoms with Crippen molar-refractivity contribution < 1.29 is 13.2 Å². The van der Waals surface area contributed by atoms with E-state index in [-0.39, 0.29) is 17.3 Å². The summed E-state index contributed by atoms with van der Waals surface area (Å²) in [7, 11) is -3.23. The molecule has 0 radical (unpaired) electrons. The number of fused-ring (bicyclic) bond motifs is 1. The molecule has 132 valence electrons. The first kappa shape index (κ1) is 17.5. The lowest BCUT2D eigenvalue weighted by Crippen LogP contribution is -2.42. The van der Waals surface area contributed by atoms with E-state index in [4.69, 9.17) is 0 Å². The van der Waals surface area contributed by atoms with Crippen LogP contribution in [0.2, 0.25) is 0 Å². The number of nitrogens with one attached hydrogen (secondary N) is 1. The van der Waals surface area contributed by atoms with Crippen LogP contribution in [0.15, 0.2) is 53.4 Å². The zero-order valence-electron chi connectivity index (χ0n) is 14.4. The number of anilines is 2. The molecule has 2 aromatic carbocycles. The average molecular weight is 358 g/mol. The second kappa shape index (κ2) is 6.88. The monoisotopic (exact) mass is 358 g/mol. The van der Waals surface area contributed by atoms with Gasteiger partial charge >= 0.3 is 0 Å². The zero-order valence-corrected chi connectivity index (χ0v) is 15.2. The number of hydrogen-bond acceptors (Lipinski definition) is 4. The number of carbonyl (C=O) groups excluding carboxylic acids is 1. The van der Waals surface area contributed by atoms with Crippen LogP contribution in [0.1, 0.15) is 18.9 Å². The Morgan fingerprint density at radius 3 is 2.52 bits per heavy atom. The van der Waals surface area contributed by atoms with Gasteiger partial charge in [-0.25, -0.2) is 8.42 Å². The lowest BCUT2D eigenvalue weighted by molar-refractivity contribution is -0.115. The number of para-hydroxylation sites is 1. The van der Waals surface area contributed by atoms with Gasteiger partial charge in [0.1, 0.15) is 0 Å². The number of hydrogen-bond donors (Lipinski definition) is 1. The van der Waals surface area contributed by atoms with E-state index in [1.165, 1.54) is 17.7 Å². The predicted molar refractivity (Wildman–Crippen MR) is 99.8 cm³/mol. The van der Waals surface area contributed by atoms with Gasteiger partial charge in [-0.2, -0.15) is 0 Å². The van der Waals surface area contributed by atoms with Gasteiger partial charge in [-0.05, 0) is 55.7 Å². The number of carbonyl (C=O) groups is 1. The van der Waals surface area contributed by atoms with E-state index in [0.29, 0.717) is 11.7 Å². The highest BCUT2D eigenvalue weighted by atomic mass is 32.2. The summed E-state index contributed by atoms with van der Waals surface area (Å²) in [6.07, 6.45) is 3.21. The van der Waals surface area contributed by atoms with Gasteiger partial charge in [0.15, 0.2) is 9.84 Å². The molecule has 1 atom stereocenters. The van der Waals surface area contributed by atoms with Crippen LogP contribution in [0.4, 0.5) is 11.4 Å². The van der Waals surface area contributed by atoms with Crippen molar-refractivity contribution in [2.45, 2.75) is 30.7 Å². The van der Waals surface area contributed by atoms with E-state index in [1.807, 2.05) is 12.1 Å². The van der Waals surface area contributed by atoms with Crippen LogP contribution >= 0.6 is 0 Å². The van der Waals surface area contributed by atoms with Crippen molar-refractivity contribution >= 4 is 27.1 Å².